The summed E-state index contributed by atoms with van der Waals surface area (Å²) in [4.78, 5) is 0. The molecule has 1 aromatic rings. The minimum Gasteiger partial charge on any atom is -0.398 e. The second-order valence-corrected chi connectivity index (χ2v) is 4.85. The van der Waals surface area contributed by atoms with Crippen molar-refractivity contribution in [2.24, 2.45) is 5.73 Å². The van der Waals surface area contributed by atoms with E-state index >= 15 is 0 Å². The average Bonchev–Trinajstić information content (AvgIpc) is 2.41. The standard InChI is InChI=1S/C10H8FNO2S/c11-8-3-1-7(2-4-8)9-5-15(13,14)6-10(9)12/h1-6H,12H2. The van der Waals surface area contributed by atoms with Crippen molar-refractivity contribution in [1.29, 1.82) is 0 Å². The van der Waals surface area contributed by atoms with Gasteiger partial charge in [-0.15, -0.1) is 0 Å². The quantitative estimate of drug-likeness (QED) is 0.785. The van der Waals surface area contributed by atoms with Gasteiger partial charge in [0, 0.05) is 11.0 Å². The molecule has 0 amide bonds. The van der Waals surface area contributed by atoms with E-state index in [1.807, 2.05) is 0 Å². The smallest absolute Gasteiger partial charge is 0.195 e. The molecule has 0 unspecified atom stereocenters. The van der Waals surface area contributed by atoms with E-state index in [2.05, 4.69) is 0 Å². The maximum Gasteiger partial charge on any atom is 0.195 e. The van der Waals surface area contributed by atoms with Crippen LogP contribution >= 0.6 is 0 Å². The number of hydrogen-bond acceptors (Lipinski definition) is 3. The van der Waals surface area contributed by atoms with Gasteiger partial charge < -0.3 is 5.73 Å². The van der Waals surface area contributed by atoms with Crippen molar-refractivity contribution in [2.75, 3.05) is 0 Å². The normalized spacial score (nSPS) is 18.5. The molecule has 0 spiro atoms. The Morgan fingerprint density at radius 3 is 2.13 bits per heavy atom. The van der Waals surface area contributed by atoms with Crippen LogP contribution in [0.15, 0.2) is 40.8 Å². The van der Waals surface area contributed by atoms with Crippen LogP contribution in [0.1, 0.15) is 5.56 Å². The maximum atomic E-state index is 12.6. The van der Waals surface area contributed by atoms with Crippen molar-refractivity contribution in [3.63, 3.8) is 0 Å². The van der Waals surface area contributed by atoms with Crippen LogP contribution in [0.2, 0.25) is 0 Å². The highest BCUT2D eigenvalue weighted by molar-refractivity contribution is 7.97. The van der Waals surface area contributed by atoms with Crippen LogP contribution in [0.3, 0.4) is 0 Å². The summed E-state index contributed by atoms with van der Waals surface area (Å²) in [6, 6.07) is 5.49. The van der Waals surface area contributed by atoms with E-state index in [1.165, 1.54) is 24.3 Å². The summed E-state index contributed by atoms with van der Waals surface area (Å²) in [7, 11) is -3.35. The first-order valence-electron chi connectivity index (χ1n) is 4.18. The van der Waals surface area contributed by atoms with E-state index in [0.29, 0.717) is 11.1 Å². The van der Waals surface area contributed by atoms with Gasteiger partial charge in [-0.25, -0.2) is 12.8 Å². The number of halogens is 1. The lowest BCUT2D eigenvalue weighted by atomic mass is 10.1. The van der Waals surface area contributed by atoms with Gasteiger partial charge >= 0.3 is 0 Å². The van der Waals surface area contributed by atoms with Crippen molar-refractivity contribution >= 4 is 15.4 Å². The van der Waals surface area contributed by atoms with Crippen molar-refractivity contribution in [1.82, 2.24) is 0 Å². The van der Waals surface area contributed by atoms with Crippen LogP contribution in [0.5, 0.6) is 0 Å². The van der Waals surface area contributed by atoms with Crippen molar-refractivity contribution in [3.05, 3.63) is 52.2 Å². The SMILES string of the molecule is NC1=CS(=O)(=O)C=C1c1ccc(F)cc1. The summed E-state index contributed by atoms with van der Waals surface area (Å²) in [6.45, 7) is 0. The van der Waals surface area contributed by atoms with E-state index in [-0.39, 0.29) is 11.5 Å². The Balaban J connectivity index is 2.51. The molecule has 1 heterocycles. The molecule has 0 aliphatic carbocycles. The van der Waals surface area contributed by atoms with Crippen LogP contribution in [-0.4, -0.2) is 8.42 Å². The zero-order valence-electron chi connectivity index (χ0n) is 7.64. The predicted molar refractivity (Wildman–Crippen MR) is 55.6 cm³/mol. The Morgan fingerprint density at radius 2 is 1.67 bits per heavy atom. The largest absolute Gasteiger partial charge is 0.398 e. The molecule has 0 atom stereocenters. The second kappa shape index (κ2) is 3.20. The van der Waals surface area contributed by atoms with E-state index in [1.54, 1.807) is 0 Å². The number of rotatable bonds is 1. The van der Waals surface area contributed by atoms with Crippen LogP contribution in [0.25, 0.3) is 5.57 Å². The molecule has 3 nitrogen and oxygen atoms in total. The molecule has 15 heavy (non-hydrogen) atoms. The Kier molecular flexibility index (Phi) is 2.12. The average molecular weight is 225 g/mol. The van der Waals surface area contributed by atoms with Crippen molar-refractivity contribution in [2.45, 2.75) is 0 Å². The van der Waals surface area contributed by atoms with Gasteiger partial charge in [-0.05, 0) is 17.7 Å². The van der Waals surface area contributed by atoms with Crippen LogP contribution < -0.4 is 5.73 Å². The fraction of sp³-hybridized carbons (Fsp3) is 0. The molecule has 1 aliphatic rings. The molecule has 2 N–H and O–H groups in total. The van der Waals surface area contributed by atoms with E-state index in [4.69, 9.17) is 5.73 Å². The Morgan fingerprint density at radius 1 is 1.07 bits per heavy atom. The maximum absolute atomic E-state index is 12.6. The Bertz CT molecular complexity index is 556. The fourth-order valence-corrected chi connectivity index (χ4v) is 2.52. The van der Waals surface area contributed by atoms with Gasteiger partial charge in [0.05, 0.1) is 11.1 Å². The Hall–Kier alpha value is -1.62. The molecule has 1 aliphatic heterocycles. The molecular weight excluding hydrogens is 217 g/mol. The predicted octanol–water partition coefficient (Wildman–Crippen LogP) is 1.40. The summed E-state index contributed by atoms with van der Waals surface area (Å²) in [5.74, 6) is -0.372. The lowest BCUT2D eigenvalue weighted by Crippen LogP contribution is -1.97. The number of hydrogen-bond donors (Lipinski definition) is 1. The van der Waals surface area contributed by atoms with Gasteiger partial charge in [0.25, 0.3) is 0 Å². The number of sulfone groups is 1. The lowest BCUT2D eigenvalue weighted by molar-refractivity contribution is 0.613. The summed E-state index contributed by atoms with van der Waals surface area (Å²) < 4.78 is 35.0. The van der Waals surface area contributed by atoms with Gasteiger partial charge in [0.15, 0.2) is 9.84 Å². The van der Waals surface area contributed by atoms with E-state index < -0.39 is 9.84 Å². The first kappa shape index (κ1) is 9.92. The molecule has 2 rings (SSSR count). The first-order chi connectivity index (χ1) is 6.98. The number of benzene rings is 1. The third kappa shape index (κ3) is 1.92. The summed E-state index contributed by atoms with van der Waals surface area (Å²) in [6.07, 6.45) is 0. The zero-order chi connectivity index (χ0) is 11.1. The lowest BCUT2D eigenvalue weighted by Gasteiger charge is -2.02. The van der Waals surface area contributed by atoms with Gasteiger partial charge in [-0.1, -0.05) is 12.1 Å². The molecule has 0 aromatic heterocycles. The van der Waals surface area contributed by atoms with Crippen LogP contribution in [-0.2, 0) is 9.84 Å². The van der Waals surface area contributed by atoms with Gasteiger partial charge in [0.2, 0.25) is 0 Å². The number of nitrogens with two attached hydrogens (primary N) is 1. The van der Waals surface area contributed by atoms with Crippen molar-refractivity contribution < 1.29 is 12.8 Å². The van der Waals surface area contributed by atoms with Crippen LogP contribution in [0, 0.1) is 5.82 Å². The topological polar surface area (TPSA) is 60.2 Å². The fourth-order valence-electron chi connectivity index (χ4n) is 1.37. The molecular formula is C10H8FNO2S. The van der Waals surface area contributed by atoms with Crippen molar-refractivity contribution in [3.8, 4) is 0 Å². The summed E-state index contributed by atoms with van der Waals surface area (Å²) in [5, 5.41) is 2.07. The van der Waals surface area contributed by atoms with Gasteiger partial charge in [-0.3, -0.25) is 0 Å². The Labute approximate surface area is 86.6 Å². The molecule has 0 bridgehead atoms. The number of allylic oxidation sites excluding steroid dienone is 1. The molecule has 0 saturated heterocycles. The molecule has 78 valence electrons. The van der Waals surface area contributed by atoms with E-state index in [9.17, 15) is 12.8 Å². The highest BCUT2D eigenvalue weighted by atomic mass is 32.2. The van der Waals surface area contributed by atoms with Gasteiger partial charge in [0.1, 0.15) is 5.82 Å². The third-order valence-electron chi connectivity index (χ3n) is 2.04. The van der Waals surface area contributed by atoms with Gasteiger partial charge in [-0.2, -0.15) is 0 Å². The zero-order valence-corrected chi connectivity index (χ0v) is 8.46. The molecule has 0 saturated carbocycles. The highest BCUT2D eigenvalue weighted by Gasteiger charge is 2.18. The summed E-state index contributed by atoms with van der Waals surface area (Å²) in [5.41, 5.74) is 6.73. The monoisotopic (exact) mass is 225 g/mol. The molecule has 1 aromatic carbocycles. The molecule has 0 fully saturated rings. The second-order valence-electron chi connectivity index (χ2n) is 3.20. The van der Waals surface area contributed by atoms with E-state index in [0.717, 1.165) is 10.8 Å². The molecule has 5 heteroatoms. The minimum atomic E-state index is -3.35. The van der Waals surface area contributed by atoms with Crippen LogP contribution in [0.4, 0.5) is 4.39 Å². The molecule has 0 radical (unpaired) electrons. The first-order valence-corrected chi connectivity index (χ1v) is 5.79. The summed E-state index contributed by atoms with van der Waals surface area (Å²) >= 11 is 0. The third-order valence-corrected chi connectivity index (χ3v) is 3.19. The minimum absolute atomic E-state index is 0.182. The highest BCUT2D eigenvalue weighted by Crippen LogP contribution is 2.27.